The highest BCUT2D eigenvalue weighted by Crippen LogP contribution is 2.35. The van der Waals surface area contributed by atoms with Crippen molar-refractivity contribution in [3.63, 3.8) is 0 Å². The number of fused-ring (bicyclic) bond motifs is 1. The van der Waals surface area contributed by atoms with Crippen LogP contribution in [-0.2, 0) is 4.18 Å². The minimum absolute atomic E-state index is 0.239. The Bertz CT molecular complexity index is 1360. The van der Waals surface area contributed by atoms with Crippen LogP contribution in [0.2, 0.25) is 0 Å². The lowest BCUT2D eigenvalue weighted by molar-refractivity contribution is 0.0246. The van der Waals surface area contributed by atoms with Crippen LogP contribution in [0.15, 0.2) is 61.1 Å². The molecule has 1 saturated heterocycles. The van der Waals surface area contributed by atoms with E-state index < -0.39 is 6.29 Å². The summed E-state index contributed by atoms with van der Waals surface area (Å²) in [6.07, 6.45) is 3.10. The summed E-state index contributed by atoms with van der Waals surface area (Å²) < 4.78 is 14.0. The molecule has 4 aromatic rings. The molecule has 34 heavy (non-hydrogen) atoms. The molecule has 9 heteroatoms. The number of anilines is 2. The van der Waals surface area contributed by atoms with E-state index in [0.29, 0.717) is 29.6 Å². The van der Waals surface area contributed by atoms with Gasteiger partial charge in [-0.3, -0.25) is 4.18 Å². The van der Waals surface area contributed by atoms with E-state index in [-0.39, 0.29) is 6.04 Å². The third kappa shape index (κ3) is 4.14. The molecule has 2 N–H and O–H groups in total. The number of aromatic nitrogens is 3. The van der Waals surface area contributed by atoms with Crippen molar-refractivity contribution in [3.8, 4) is 22.9 Å². The van der Waals surface area contributed by atoms with Crippen molar-refractivity contribution in [2.24, 2.45) is 0 Å². The summed E-state index contributed by atoms with van der Waals surface area (Å²) in [5.74, 6) is 1.78. The molecule has 0 bridgehead atoms. The summed E-state index contributed by atoms with van der Waals surface area (Å²) in [5, 5.41) is 10.3. The van der Waals surface area contributed by atoms with Crippen LogP contribution in [0.25, 0.3) is 22.2 Å². The van der Waals surface area contributed by atoms with E-state index in [4.69, 9.17) is 14.7 Å². The molecule has 0 aliphatic carbocycles. The Labute approximate surface area is 202 Å². The van der Waals surface area contributed by atoms with E-state index in [1.165, 1.54) is 18.4 Å². The molecular formula is C25H24N6O2S. The normalized spacial score (nSPS) is 16.1. The number of benzene rings is 2. The summed E-state index contributed by atoms with van der Waals surface area (Å²) in [4.78, 5) is 10.7. The second-order valence-corrected chi connectivity index (χ2v) is 8.95. The first-order valence-electron chi connectivity index (χ1n) is 11.0. The largest absolute Gasteiger partial charge is 0.462 e. The first kappa shape index (κ1) is 22.1. The van der Waals surface area contributed by atoms with Crippen LogP contribution in [0.4, 0.5) is 11.5 Å². The highest BCUT2D eigenvalue weighted by molar-refractivity contribution is 7.94. The lowest BCUT2D eigenvalue weighted by atomic mass is 10.1. The van der Waals surface area contributed by atoms with Gasteiger partial charge in [-0.2, -0.15) is 5.26 Å². The maximum absolute atomic E-state index is 9.42. The van der Waals surface area contributed by atoms with Crippen molar-refractivity contribution >= 4 is 34.6 Å². The Morgan fingerprint density at radius 2 is 1.97 bits per heavy atom. The quantitative estimate of drug-likeness (QED) is 0.406. The number of nitrogens with zero attached hydrogens (tertiary/aromatic N) is 5. The Balaban J connectivity index is 1.36. The third-order valence-electron chi connectivity index (χ3n) is 5.75. The van der Waals surface area contributed by atoms with Crippen molar-refractivity contribution in [1.29, 1.82) is 5.26 Å². The number of hydrogen-bond donors (Lipinski definition) is 1. The Morgan fingerprint density at radius 3 is 2.74 bits per heavy atom. The van der Waals surface area contributed by atoms with Gasteiger partial charge < -0.3 is 19.9 Å². The minimum Gasteiger partial charge on any atom is -0.462 e. The highest BCUT2D eigenvalue weighted by atomic mass is 32.2. The summed E-state index contributed by atoms with van der Waals surface area (Å²) in [6, 6.07) is 17.9. The number of nitrogen functional groups attached to an aromatic ring is 1. The van der Waals surface area contributed by atoms with Crippen molar-refractivity contribution < 1.29 is 8.92 Å². The van der Waals surface area contributed by atoms with Crippen molar-refractivity contribution in [3.05, 3.63) is 66.6 Å². The Kier molecular flexibility index (Phi) is 6.01. The van der Waals surface area contributed by atoms with Gasteiger partial charge in [0.2, 0.25) is 6.29 Å². The number of para-hydroxylation sites is 1. The van der Waals surface area contributed by atoms with Gasteiger partial charge in [0.05, 0.1) is 29.1 Å². The fraction of sp³-hybridized carbons (Fsp3) is 0.240. The first-order valence-corrected chi connectivity index (χ1v) is 11.9. The van der Waals surface area contributed by atoms with Gasteiger partial charge in [0, 0.05) is 29.8 Å². The lowest BCUT2D eigenvalue weighted by Crippen LogP contribution is -2.40. The second kappa shape index (κ2) is 9.25. The number of rotatable bonds is 5. The molecule has 1 aliphatic heterocycles. The highest BCUT2D eigenvalue weighted by Gasteiger charge is 2.25. The maximum Gasteiger partial charge on any atom is 0.229 e. The van der Waals surface area contributed by atoms with Gasteiger partial charge >= 0.3 is 0 Å². The van der Waals surface area contributed by atoms with Gasteiger partial charge in [-0.05, 0) is 43.7 Å². The zero-order chi connectivity index (χ0) is 23.7. The van der Waals surface area contributed by atoms with Gasteiger partial charge in [0.15, 0.2) is 0 Å². The molecular weight excluding hydrogens is 448 g/mol. The average molecular weight is 473 g/mol. The molecule has 0 saturated carbocycles. The SMILES string of the molecule is CC(C)n1cc(-c2ccc(OC3CN(c4ccccc4C#N)CSO3)cc2)c2c(N)ncnc21. The first-order chi connectivity index (χ1) is 16.5. The molecule has 2 aromatic heterocycles. The van der Waals surface area contributed by atoms with E-state index >= 15 is 0 Å². The molecule has 0 amide bonds. The second-order valence-electron chi connectivity index (χ2n) is 8.27. The Morgan fingerprint density at radius 1 is 1.18 bits per heavy atom. The summed E-state index contributed by atoms with van der Waals surface area (Å²) in [7, 11) is 0. The van der Waals surface area contributed by atoms with E-state index in [1.54, 1.807) is 0 Å². The van der Waals surface area contributed by atoms with Gasteiger partial charge in [-0.15, -0.1) is 0 Å². The summed E-state index contributed by atoms with van der Waals surface area (Å²) in [5.41, 5.74) is 10.5. The smallest absolute Gasteiger partial charge is 0.229 e. The monoisotopic (exact) mass is 472 g/mol. The van der Waals surface area contributed by atoms with Gasteiger partial charge in [-0.25, -0.2) is 9.97 Å². The molecule has 1 aliphatic rings. The van der Waals surface area contributed by atoms with E-state index in [2.05, 4.69) is 45.5 Å². The zero-order valence-electron chi connectivity index (χ0n) is 18.9. The molecule has 172 valence electrons. The lowest BCUT2D eigenvalue weighted by Gasteiger charge is -2.33. The van der Waals surface area contributed by atoms with Crippen LogP contribution in [0, 0.1) is 11.3 Å². The predicted molar refractivity (Wildman–Crippen MR) is 134 cm³/mol. The van der Waals surface area contributed by atoms with Gasteiger partial charge in [-0.1, -0.05) is 24.3 Å². The van der Waals surface area contributed by atoms with Crippen LogP contribution in [-0.4, -0.2) is 33.2 Å². The number of hydrogen-bond acceptors (Lipinski definition) is 8. The molecule has 2 aromatic carbocycles. The minimum atomic E-state index is -0.469. The van der Waals surface area contributed by atoms with Crippen LogP contribution >= 0.6 is 12.0 Å². The van der Waals surface area contributed by atoms with Crippen molar-refractivity contribution in [2.75, 3.05) is 23.1 Å². The summed E-state index contributed by atoms with van der Waals surface area (Å²) >= 11 is 1.31. The number of nitrogens with two attached hydrogens (primary N) is 1. The van der Waals surface area contributed by atoms with Crippen molar-refractivity contribution in [2.45, 2.75) is 26.2 Å². The number of ether oxygens (including phenoxy) is 1. The summed E-state index contributed by atoms with van der Waals surface area (Å²) in [6.45, 7) is 4.74. The zero-order valence-corrected chi connectivity index (χ0v) is 19.7. The van der Waals surface area contributed by atoms with Crippen LogP contribution in [0.1, 0.15) is 25.5 Å². The topological polar surface area (TPSA) is 102 Å². The van der Waals surface area contributed by atoms with E-state index in [1.807, 2.05) is 48.5 Å². The van der Waals surface area contributed by atoms with E-state index in [9.17, 15) is 5.26 Å². The van der Waals surface area contributed by atoms with Crippen LogP contribution < -0.4 is 15.4 Å². The van der Waals surface area contributed by atoms with E-state index in [0.717, 1.165) is 27.8 Å². The van der Waals surface area contributed by atoms with Crippen LogP contribution in [0.5, 0.6) is 5.75 Å². The standard InChI is InChI=1S/C25H24N6O2S/c1-16(2)31-12-20(23-24(27)28-14-29-25(23)31)17-7-9-19(10-8-17)32-22-13-30(15-34-33-22)21-6-4-3-5-18(21)11-26/h3-10,12,14,16,22H,13,15H2,1-2H3,(H2,27,28,29). The predicted octanol–water partition coefficient (Wildman–Crippen LogP) is 4.98. The molecule has 0 radical (unpaired) electrons. The fourth-order valence-electron chi connectivity index (χ4n) is 4.09. The maximum atomic E-state index is 9.42. The molecule has 8 nitrogen and oxygen atoms in total. The van der Waals surface area contributed by atoms with Gasteiger partial charge in [0.25, 0.3) is 0 Å². The molecule has 1 fully saturated rings. The average Bonchev–Trinajstić information content (AvgIpc) is 3.26. The molecule has 5 rings (SSSR count). The molecule has 0 spiro atoms. The molecule has 1 unspecified atom stereocenters. The Hall–Kier alpha value is -3.74. The molecule has 3 heterocycles. The van der Waals surface area contributed by atoms with Gasteiger partial charge in [0.1, 0.15) is 29.6 Å². The van der Waals surface area contributed by atoms with Crippen molar-refractivity contribution in [1.82, 2.24) is 14.5 Å². The fourth-order valence-corrected chi connectivity index (χ4v) is 4.77. The molecule has 1 atom stereocenters. The van der Waals surface area contributed by atoms with Crippen LogP contribution in [0.3, 0.4) is 0 Å². The number of nitriles is 1. The third-order valence-corrected chi connectivity index (χ3v) is 6.51.